The van der Waals surface area contributed by atoms with Gasteiger partial charge in [0.1, 0.15) is 60.9 Å². The van der Waals surface area contributed by atoms with Crippen LogP contribution in [0, 0.1) is 5.92 Å². The zero-order valence-corrected chi connectivity index (χ0v) is 31.2. The number of hydrogen-bond donors (Lipinski definition) is 14. The Bertz CT molecular complexity index is 991. The standard InChI is InChI=1S/C20H36N4O12S2.C7H14O5.O.Tc/c25-3-9-13(27)15(29)11(19(33)35-9)23-17(31)7(5-37)21-1-2-22-8(6-38)18(32)24-12-16(30)14(28)10(4-26)36-20(12)34;1-3-5(9)6(10)4(2-8)12-7(3)11;;/h7-16,19-20,25-30,33-34,37-38H,1-6H2,(H,23,31)(H,24,32);3-11H,2H2,1H3;;/q-2;;;+4/p-2/t7-,8?,9+,10+,11?,12?,13+,14+,15+,16+,19?,20?;3-,4-,5-,6-,7?;;/m01../s1. The Morgan fingerprint density at radius 3 is 1.21 bits per heavy atom. The molecule has 3 saturated heterocycles. The van der Waals surface area contributed by atoms with Gasteiger partial charge >= 0.3 is 22.4 Å². The normalized spacial score (nSPS) is 38.8. The average molecular weight is 879 g/mol. The van der Waals surface area contributed by atoms with Crippen molar-refractivity contribution in [1.82, 2.24) is 10.6 Å². The number of ether oxygens (including phenoxy) is 3. The van der Waals surface area contributed by atoms with Crippen LogP contribution in [0.4, 0.5) is 0 Å². The van der Waals surface area contributed by atoms with Crippen LogP contribution in [-0.4, -0.2) is 215 Å². The summed E-state index contributed by atoms with van der Waals surface area (Å²) in [6, 6.07) is -5.02. The summed E-state index contributed by atoms with van der Waals surface area (Å²) in [6.07, 6.45) is -16.5. The molecule has 0 aliphatic carbocycles. The maximum atomic E-state index is 12.6. The number of rotatable bonds is 14. The number of amides is 2. The zero-order valence-electron chi connectivity index (χ0n) is 27.7. The molecule has 0 aromatic heterocycles. The van der Waals surface area contributed by atoms with E-state index in [9.17, 15) is 50.4 Å². The van der Waals surface area contributed by atoms with Crippen molar-refractivity contribution in [3.05, 3.63) is 10.6 Å². The van der Waals surface area contributed by atoms with E-state index in [1.807, 2.05) is 0 Å². The topological polar surface area (TPSA) is 374 Å². The van der Waals surface area contributed by atoms with E-state index >= 15 is 0 Å². The Kier molecular flexibility index (Phi) is 23.6. The average Bonchev–Trinajstić information content (AvgIpc) is 3.14. The SMILES string of the molecule is C[C@H]1C(O)O[C@H](CO)[C@@H](O)[C@@H]1O.O=C(NC1C(O)O[C@H](CO)[C@@H](O)[C@@H]1O)C(C[S-])[N-]CC[N-][C@@H](C[S-])C(=O)NC1C(O)O[C@H](CO)[C@@H](O)[C@@H]1O.[O]=[Tc+4]. The van der Waals surface area contributed by atoms with E-state index in [-0.39, 0.29) is 24.6 Å². The molecule has 303 valence electrons. The van der Waals surface area contributed by atoms with Crippen molar-refractivity contribution in [2.45, 2.75) is 105 Å². The summed E-state index contributed by atoms with van der Waals surface area (Å²) in [5, 5.41) is 128. The van der Waals surface area contributed by atoms with Gasteiger partial charge in [-0.15, -0.1) is 0 Å². The van der Waals surface area contributed by atoms with Gasteiger partial charge in [-0.3, -0.25) is 9.59 Å². The van der Waals surface area contributed by atoms with Crippen LogP contribution < -0.4 is 10.6 Å². The van der Waals surface area contributed by atoms with Crippen molar-refractivity contribution >= 4 is 37.1 Å². The number of nitrogens with one attached hydrogen (secondary N) is 2. The van der Waals surface area contributed by atoms with Gasteiger partial charge in [0.15, 0.2) is 18.9 Å². The third kappa shape index (κ3) is 13.6. The predicted molar refractivity (Wildman–Crippen MR) is 172 cm³/mol. The summed E-state index contributed by atoms with van der Waals surface area (Å²) < 4.78 is 23.0. The second kappa shape index (κ2) is 24.8. The van der Waals surface area contributed by atoms with Gasteiger partial charge < -0.3 is 122 Å². The van der Waals surface area contributed by atoms with Gasteiger partial charge in [0.05, 0.1) is 25.9 Å². The summed E-state index contributed by atoms with van der Waals surface area (Å²) in [5.74, 6) is -2.42. The van der Waals surface area contributed by atoms with Gasteiger partial charge in [0, 0.05) is 5.92 Å². The van der Waals surface area contributed by atoms with Crippen LogP contribution in [0.1, 0.15) is 6.92 Å². The minimum absolute atomic E-state index is 0.0655. The Morgan fingerprint density at radius 2 is 0.904 bits per heavy atom. The summed E-state index contributed by atoms with van der Waals surface area (Å²) in [4.78, 5) is 25.1. The van der Waals surface area contributed by atoms with Crippen molar-refractivity contribution in [3.63, 3.8) is 0 Å². The number of aliphatic hydroxyl groups is 12. The number of hydrogen-bond acceptors (Lipinski definition) is 20. The fourth-order valence-electron chi connectivity index (χ4n) is 5.11. The quantitative estimate of drug-likeness (QED) is 0.0569. The molecule has 2 amide bonds. The van der Waals surface area contributed by atoms with Crippen LogP contribution in [0.2, 0.25) is 0 Å². The molecule has 3 heterocycles. The van der Waals surface area contributed by atoms with E-state index in [1.54, 1.807) is 6.92 Å². The van der Waals surface area contributed by atoms with Crippen molar-refractivity contribution < 1.29 is 107 Å². The van der Waals surface area contributed by atoms with E-state index in [0.717, 1.165) is 18.9 Å². The molecule has 3 aliphatic rings. The van der Waals surface area contributed by atoms with E-state index in [2.05, 4.69) is 21.3 Å². The van der Waals surface area contributed by atoms with Gasteiger partial charge in [-0.05, 0) is 0 Å². The molecule has 25 heteroatoms. The predicted octanol–water partition coefficient (Wildman–Crippen LogP) is -8.67. The monoisotopic (exact) mass is 877 g/mol. The Hall–Kier alpha value is -0.591. The first-order chi connectivity index (χ1) is 24.6. The number of carbonyl (C=O) groups is 2. The van der Waals surface area contributed by atoms with E-state index < -0.39 is 136 Å². The molecule has 14 N–H and O–H groups in total. The molecule has 3 rings (SSSR count). The molecule has 3 fully saturated rings. The van der Waals surface area contributed by atoms with Crippen molar-refractivity contribution in [2.24, 2.45) is 5.92 Å². The fraction of sp³-hybridized carbons (Fsp3) is 0.926. The Morgan fingerprint density at radius 1 is 0.596 bits per heavy atom. The van der Waals surface area contributed by atoms with E-state index in [1.165, 1.54) is 0 Å². The number of carbonyl (C=O) groups excluding carboxylic acids is 2. The van der Waals surface area contributed by atoms with Crippen LogP contribution in [0.25, 0.3) is 10.6 Å². The van der Waals surface area contributed by atoms with E-state index in [0.29, 0.717) is 0 Å². The van der Waals surface area contributed by atoms with Gasteiger partial charge in [0.2, 0.25) is 11.8 Å². The minimum atomic E-state index is -1.70. The second-order valence-electron chi connectivity index (χ2n) is 11.8. The molecule has 6 unspecified atom stereocenters. The van der Waals surface area contributed by atoms with Crippen LogP contribution in [-0.2, 0) is 71.4 Å². The van der Waals surface area contributed by atoms with E-state index in [4.69, 9.17) is 63.4 Å². The maximum absolute atomic E-state index is 12.6. The third-order valence-corrected chi connectivity index (χ3v) is 8.98. The van der Waals surface area contributed by atoms with Crippen molar-refractivity contribution in [1.29, 1.82) is 0 Å². The van der Waals surface area contributed by atoms with Crippen LogP contribution >= 0.6 is 0 Å². The van der Waals surface area contributed by atoms with Crippen molar-refractivity contribution in [3.8, 4) is 0 Å². The third-order valence-electron chi connectivity index (χ3n) is 8.35. The van der Waals surface area contributed by atoms with Gasteiger partial charge in [-0.1, -0.05) is 19.0 Å². The first kappa shape index (κ1) is 49.4. The molecule has 3 aliphatic heterocycles. The number of aliphatic hydroxyl groups excluding tert-OH is 12. The van der Waals surface area contributed by atoms with Gasteiger partial charge in [-0.2, -0.15) is 24.6 Å². The molecule has 0 aromatic carbocycles. The zero-order chi connectivity index (χ0) is 39.9. The second-order valence-corrected chi connectivity index (χ2v) is 12.5. The van der Waals surface area contributed by atoms with Crippen LogP contribution in [0.15, 0.2) is 0 Å². The summed E-state index contributed by atoms with van der Waals surface area (Å²) in [5.41, 5.74) is 0. The molecular weight excluding hydrogens is 830 g/mol. The molecule has 0 spiro atoms. The van der Waals surface area contributed by atoms with Crippen LogP contribution in [0.5, 0.6) is 0 Å². The van der Waals surface area contributed by atoms with Gasteiger partial charge in [0.25, 0.3) is 0 Å². The summed E-state index contributed by atoms with van der Waals surface area (Å²) in [7, 11) is 0. The Labute approximate surface area is 320 Å². The molecule has 17 atom stereocenters. The molecule has 22 nitrogen and oxygen atoms in total. The van der Waals surface area contributed by atoms with Gasteiger partial charge in [-0.25, -0.2) is 0 Å². The molecule has 0 saturated carbocycles. The molecule has 0 bridgehead atoms. The fourth-order valence-corrected chi connectivity index (χ4v) is 5.62. The first-order valence-corrected chi connectivity index (χ1v) is 17.7. The van der Waals surface area contributed by atoms with Crippen LogP contribution in [0.3, 0.4) is 0 Å². The molecule has 0 aromatic rings. The first-order valence-electron chi connectivity index (χ1n) is 15.7. The summed E-state index contributed by atoms with van der Waals surface area (Å²) >= 11 is 10.8. The Balaban J connectivity index is 0.000000807. The molecule has 0 radical (unpaired) electrons. The number of nitrogens with zero attached hydrogens (tertiary/aromatic N) is 2. The molecular formula is C27H48N4O18S2Tc. The van der Waals surface area contributed by atoms with Crippen molar-refractivity contribution in [2.75, 3.05) is 44.4 Å². The molecule has 52 heavy (non-hydrogen) atoms. The summed E-state index contributed by atoms with van der Waals surface area (Å²) in [6.45, 7) is -0.300.